The number of fused-ring (bicyclic) bond motifs is 1. The zero-order valence-corrected chi connectivity index (χ0v) is 12.1. The molecule has 0 bridgehead atoms. The number of hydrogen-bond donors (Lipinski definition) is 2. The van der Waals surface area contributed by atoms with Crippen LogP contribution in [0.2, 0.25) is 0 Å². The van der Waals surface area contributed by atoms with Gasteiger partial charge >= 0.3 is 0 Å². The van der Waals surface area contributed by atoms with Crippen LogP contribution < -0.4 is 5.32 Å². The summed E-state index contributed by atoms with van der Waals surface area (Å²) in [5.74, 6) is 0. The predicted octanol–water partition coefficient (Wildman–Crippen LogP) is 2.74. The van der Waals surface area contributed by atoms with Crippen molar-refractivity contribution in [2.75, 3.05) is 6.54 Å². The Hall–Kier alpha value is -1.32. The average molecular weight is 260 g/mol. The van der Waals surface area contributed by atoms with Gasteiger partial charge in [0, 0.05) is 30.2 Å². The minimum atomic E-state index is -0.180. The maximum Gasteiger partial charge on any atom is 0.0549 e. The fourth-order valence-electron chi connectivity index (χ4n) is 2.57. The zero-order chi connectivity index (χ0) is 13.8. The third kappa shape index (κ3) is 2.99. The summed E-state index contributed by atoms with van der Waals surface area (Å²) in [7, 11) is 2.12. The van der Waals surface area contributed by atoms with Gasteiger partial charge in [-0.2, -0.15) is 0 Å². The monoisotopic (exact) mass is 260 g/mol. The SMILES string of the molecule is CCC(O)CCNCc1c(C)c2ccccc2n1C. The number of nitrogens with zero attached hydrogens (tertiary/aromatic N) is 1. The lowest BCUT2D eigenvalue weighted by atomic mass is 10.1. The van der Waals surface area contributed by atoms with E-state index in [9.17, 15) is 5.11 Å². The second-order valence-corrected chi connectivity index (χ2v) is 5.18. The molecule has 104 valence electrons. The molecule has 2 N–H and O–H groups in total. The van der Waals surface area contributed by atoms with Gasteiger partial charge in [-0.3, -0.25) is 0 Å². The van der Waals surface area contributed by atoms with Crippen LogP contribution in [0.3, 0.4) is 0 Å². The Labute approximate surface area is 115 Å². The number of aryl methyl sites for hydroxylation is 2. The van der Waals surface area contributed by atoms with Gasteiger partial charge < -0.3 is 15.0 Å². The van der Waals surface area contributed by atoms with E-state index in [1.807, 2.05) is 6.92 Å². The molecule has 1 atom stereocenters. The minimum absolute atomic E-state index is 0.180. The van der Waals surface area contributed by atoms with Gasteiger partial charge in [-0.25, -0.2) is 0 Å². The van der Waals surface area contributed by atoms with E-state index in [1.165, 1.54) is 22.2 Å². The third-order valence-electron chi connectivity index (χ3n) is 3.93. The van der Waals surface area contributed by atoms with Crippen LogP contribution >= 0.6 is 0 Å². The Morgan fingerprint density at radius 1 is 1.32 bits per heavy atom. The third-order valence-corrected chi connectivity index (χ3v) is 3.93. The molecule has 1 unspecified atom stereocenters. The van der Waals surface area contributed by atoms with Gasteiger partial charge in [-0.05, 0) is 37.9 Å². The van der Waals surface area contributed by atoms with Crippen molar-refractivity contribution >= 4 is 10.9 Å². The van der Waals surface area contributed by atoms with E-state index in [0.29, 0.717) is 0 Å². The molecule has 2 aromatic rings. The van der Waals surface area contributed by atoms with Crippen LogP contribution in [0.4, 0.5) is 0 Å². The fraction of sp³-hybridized carbons (Fsp3) is 0.500. The molecule has 0 aliphatic rings. The van der Waals surface area contributed by atoms with Crippen LogP contribution in [0.25, 0.3) is 10.9 Å². The second-order valence-electron chi connectivity index (χ2n) is 5.18. The highest BCUT2D eigenvalue weighted by Crippen LogP contribution is 2.24. The number of aromatic nitrogens is 1. The van der Waals surface area contributed by atoms with E-state index in [0.717, 1.165) is 25.9 Å². The number of benzene rings is 1. The van der Waals surface area contributed by atoms with Crippen LogP contribution in [-0.4, -0.2) is 22.3 Å². The van der Waals surface area contributed by atoms with Gasteiger partial charge in [-0.1, -0.05) is 25.1 Å². The summed E-state index contributed by atoms with van der Waals surface area (Å²) >= 11 is 0. The zero-order valence-electron chi connectivity index (χ0n) is 12.1. The van der Waals surface area contributed by atoms with Crippen molar-refractivity contribution in [2.24, 2.45) is 7.05 Å². The topological polar surface area (TPSA) is 37.2 Å². The van der Waals surface area contributed by atoms with Crippen LogP contribution in [0, 0.1) is 6.92 Å². The second kappa shape index (κ2) is 6.22. The van der Waals surface area contributed by atoms with Gasteiger partial charge in [0.05, 0.1) is 6.10 Å². The molecule has 1 aromatic carbocycles. The molecule has 3 heteroatoms. The smallest absolute Gasteiger partial charge is 0.0549 e. The van der Waals surface area contributed by atoms with E-state index in [1.54, 1.807) is 0 Å². The normalized spacial score (nSPS) is 13.1. The Balaban J connectivity index is 2.05. The average Bonchev–Trinajstić information content (AvgIpc) is 2.68. The highest BCUT2D eigenvalue weighted by atomic mass is 16.3. The molecule has 0 aliphatic carbocycles. The number of nitrogens with one attached hydrogen (secondary N) is 1. The highest BCUT2D eigenvalue weighted by Gasteiger charge is 2.10. The predicted molar refractivity (Wildman–Crippen MR) is 80.3 cm³/mol. The van der Waals surface area contributed by atoms with Gasteiger partial charge in [0.2, 0.25) is 0 Å². The van der Waals surface area contributed by atoms with Gasteiger partial charge in [0.15, 0.2) is 0 Å². The number of rotatable bonds is 6. The molecule has 1 aromatic heterocycles. The van der Waals surface area contributed by atoms with Crippen molar-refractivity contribution in [3.8, 4) is 0 Å². The summed E-state index contributed by atoms with van der Waals surface area (Å²) < 4.78 is 2.26. The van der Waals surface area contributed by atoms with E-state index in [-0.39, 0.29) is 6.10 Å². The molecule has 0 saturated heterocycles. The first kappa shape index (κ1) is 14.1. The lowest BCUT2D eigenvalue weighted by molar-refractivity contribution is 0.159. The molecule has 1 heterocycles. The molecular weight excluding hydrogens is 236 g/mol. The van der Waals surface area contributed by atoms with Crippen LogP contribution in [-0.2, 0) is 13.6 Å². The molecule has 19 heavy (non-hydrogen) atoms. The fourth-order valence-corrected chi connectivity index (χ4v) is 2.57. The number of aliphatic hydroxyl groups is 1. The number of para-hydroxylation sites is 1. The summed E-state index contributed by atoms with van der Waals surface area (Å²) in [6, 6.07) is 8.50. The van der Waals surface area contributed by atoms with E-state index < -0.39 is 0 Å². The lowest BCUT2D eigenvalue weighted by Gasteiger charge is -2.10. The van der Waals surface area contributed by atoms with Crippen molar-refractivity contribution in [3.63, 3.8) is 0 Å². The first-order valence-corrected chi connectivity index (χ1v) is 7.06. The summed E-state index contributed by atoms with van der Waals surface area (Å²) in [6.07, 6.45) is 1.47. The van der Waals surface area contributed by atoms with Gasteiger partial charge in [-0.15, -0.1) is 0 Å². The molecule has 3 nitrogen and oxygen atoms in total. The summed E-state index contributed by atoms with van der Waals surface area (Å²) in [6.45, 7) is 5.91. The first-order valence-electron chi connectivity index (χ1n) is 7.06. The molecule has 0 radical (unpaired) electrons. The highest BCUT2D eigenvalue weighted by molar-refractivity contribution is 5.85. The summed E-state index contributed by atoms with van der Waals surface area (Å²) in [5.41, 5.74) is 3.96. The van der Waals surface area contributed by atoms with Gasteiger partial charge in [0.25, 0.3) is 0 Å². The Morgan fingerprint density at radius 3 is 2.74 bits per heavy atom. The maximum absolute atomic E-state index is 9.53. The summed E-state index contributed by atoms with van der Waals surface area (Å²) in [4.78, 5) is 0. The van der Waals surface area contributed by atoms with Crippen LogP contribution in [0.5, 0.6) is 0 Å². The minimum Gasteiger partial charge on any atom is -0.393 e. The molecule has 2 rings (SSSR count). The van der Waals surface area contributed by atoms with E-state index in [4.69, 9.17) is 0 Å². The number of hydrogen-bond acceptors (Lipinski definition) is 2. The first-order chi connectivity index (χ1) is 9.15. The lowest BCUT2D eigenvalue weighted by Crippen LogP contribution is -2.21. The number of aliphatic hydroxyl groups excluding tert-OH is 1. The standard InChI is InChI=1S/C16H24N2O/c1-4-13(19)9-10-17-11-16-12(2)14-7-5-6-8-15(14)18(16)3/h5-8,13,17,19H,4,9-11H2,1-3H3. The maximum atomic E-state index is 9.53. The van der Waals surface area contributed by atoms with E-state index in [2.05, 4.69) is 48.1 Å². The molecule has 0 amide bonds. The summed E-state index contributed by atoms with van der Waals surface area (Å²) in [5, 5.41) is 14.3. The Kier molecular flexibility index (Phi) is 4.61. The Morgan fingerprint density at radius 2 is 2.05 bits per heavy atom. The van der Waals surface area contributed by atoms with Crippen molar-refractivity contribution < 1.29 is 5.11 Å². The quantitative estimate of drug-likeness (QED) is 0.784. The van der Waals surface area contributed by atoms with Crippen molar-refractivity contribution in [2.45, 2.75) is 39.3 Å². The molecule has 0 aliphatic heterocycles. The van der Waals surface area contributed by atoms with Crippen molar-refractivity contribution in [1.82, 2.24) is 9.88 Å². The Bertz CT molecular complexity index is 506. The van der Waals surface area contributed by atoms with Crippen molar-refractivity contribution in [1.29, 1.82) is 0 Å². The molecular formula is C16H24N2O. The molecule has 0 spiro atoms. The van der Waals surface area contributed by atoms with Crippen LogP contribution in [0.15, 0.2) is 24.3 Å². The van der Waals surface area contributed by atoms with Crippen LogP contribution in [0.1, 0.15) is 31.0 Å². The van der Waals surface area contributed by atoms with Crippen molar-refractivity contribution in [3.05, 3.63) is 35.5 Å². The molecule has 0 fully saturated rings. The van der Waals surface area contributed by atoms with Gasteiger partial charge in [0.1, 0.15) is 0 Å². The van der Waals surface area contributed by atoms with E-state index >= 15 is 0 Å². The molecule has 0 saturated carbocycles. The largest absolute Gasteiger partial charge is 0.393 e.